The van der Waals surface area contributed by atoms with E-state index >= 15 is 0 Å². The van der Waals surface area contributed by atoms with Gasteiger partial charge in [0.15, 0.2) is 5.82 Å². The Morgan fingerprint density at radius 1 is 1.32 bits per heavy atom. The molecule has 1 aromatic carbocycles. The molecule has 0 radical (unpaired) electrons. The third kappa shape index (κ3) is 3.28. The summed E-state index contributed by atoms with van der Waals surface area (Å²) in [5, 5.41) is 12.2. The molecular weight excluding hydrogens is 334 g/mol. The third-order valence-corrected chi connectivity index (χ3v) is 5.31. The minimum atomic E-state index is -0.0706. The number of aryl methyl sites for hydroxylation is 1. The Kier molecular flexibility index (Phi) is 4.23. The number of nitrogens with zero attached hydrogens (tertiary/aromatic N) is 3. The van der Waals surface area contributed by atoms with Crippen LogP contribution in [0.3, 0.4) is 0 Å². The van der Waals surface area contributed by atoms with Crippen LogP contribution in [0.2, 0.25) is 0 Å². The lowest BCUT2D eigenvalue weighted by Crippen LogP contribution is -2.33. The first-order valence-corrected chi connectivity index (χ1v) is 9.16. The molecule has 0 saturated carbocycles. The zero-order valence-corrected chi connectivity index (χ0v) is 14.7. The maximum Gasteiger partial charge on any atom is 0.321 e. The second-order valence-electron chi connectivity index (χ2n) is 6.16. The second kappa shape index (κ2) is 6.68. The van der Waals surface area contributed by atoms with Crippen molar-refractivity contribution in [1.29, 1.82) is 0 Å². The Labute approximate surface area is 149 Å². The van der Waals surface area contributed by atoms with Gasteiger partial charge in [0.1, 0.15) is 5.82 Å². The number of amides is 2. The number of anilines is 1. The molecule has 2 aromatic heterocycles. The van der Waals surface area contributed by atoms with E-state index in [0.717, 1.165) is 34.2 Å². The van der Waals surface area contributed by atoms with Crippen LogP contribution in [0.1, 0.15) is 24.0 Å². The molecule has 3 aromatic rings. The summed E-state index contributed by atoms with van der Waals surface area (Å²) < 4.78 is 0. The van der Waals surface area contributed by atoms with Crippen LogP contribution in [0.15, 0.2) is 41.8 Å². The maximum atomic E-state index is 12.7. The monoisotopic (exact) mass is 353 g/mol. The standard InChI is InChI=1S/C18H19N5OS/c1-12-19-17(22-21-12)13-8-9-23(11-13)18(24)20-15-6-3-2-5-14(15)16-7-4-10-25-16/h2-7,10,13H,8-9,11H2,1H3,(H,20,24)(H,19,21,22). The molecule has 2 amide bonds. The molecule has 0 bridgehead atoms. The van der Waals surface area contributed by atoms with Crippen molar-refractivity contribution in [3.05, 3.63) is 53.4 Å². The van der Waals surface area contributed by atoms with Crippen LogP contribution in [0.5, 0.6) is 0 Å². The van der Waals surface area contributed by atoms with E-state index in [9.17, 15) is 4.79 Å². The summed E-state index contributed by atoms with van der Waals surface area (Å²) in [5.41, 5.74) is 1.89. The number of nitrogens with one attached hydrogen (secondary N) is 2. The lowest BCUT2D eigenvalue weighted by molar-refractivity contribution is 0.222. The summed E-state index contributed by atoms with van der Waals surface area (Å²) in [5.74, 6) is 1.80. The summed E-state index contributed by atoms with van der Waals surface area (Å²) in [4.78, 5) is 20.1. The van der Waals surface area contributed by atoms with Gasteiger partial charge in [0, 0.05) is 29.4 Å². The Morgan fingerprint density at radius 3 is 2.96 bits per heavy atom. The molecule has 6 nitrogen and oxygen atoms in total. The van der Waals surface area contributed by atoms with Crippen LogP contribution < -0.4 is 5.32 Å². The Morgan fingerprint density at radius 2 is 2.20 bits per heavy atom. The van der Waals surface area contributed by atoms with E-state index in [0.29, 0.717) is 13.1 Å². The fraction of sp³-hybridized carbons (Fsp3) is 0.278. The quantitative estimate of drug-likeness (QED) is 0.751. The zero-order valence-electron chi connectivity index (χ0n) is 13.9. The van der Waals surface area contributed by atoms with Crippen LogP contribution in [-0.2, 0) is 0 Å². The molecule has 1 saturated heterocycles. The first-order valence-electron chi connectivity index (χ1n) is 8.28. The van der Waals surface area contributed by atoms with Gasteiger partial charge in [-0.25, -0.2) is 9.78 Å². The topological polar surface area (TPSA) is 73.9 Å². The number of hydrogen-bond donors (Lipinski definition) is 2. The summed E-state index contributed by atoms with van der Waals surface area (Å²) in [7, 11) is 0. The number of hydrogen-bond acceptors (Lipinski definition) is 4. The van der Waals surface area contributed by atoms with Gasteiger partial charge < -0.3 is 10.2 Å². The van der Waals surface area contributed by atoms with Crippen molar-refractivity contribution in [2.24, 2.45) is 0 Å². The van der Waals surface area contributed by atoms with Crippen molar-refractivity contribution in [3.8, 4) is 10.4 Å². The predicted octanol–water partition coefficient (Wildman–Crippen LogP) is 3.86. The summed E-state index contributed by atoms with van der Waals surface area (Å²) in [6.07, 6.45) is 0.886. The predicted molar refractivity (Wildman–Crippen MR) is 98.8 cm³/mol. The smallest absolute Gasteiger partial charge is 0.321 e. The minimum Gasteiger partial charge on any atom is -0.324 e. The normalized spacial score (nSPS) is 17.0. The molecule has 1 atom stereocenters. The number of aromatic nitrogens is 3. The Hall–Kier alpha value is -2.67. The zero-order chi connectivity index (χ0) is 17.2. The SMILES string of the molecule is Cc1nc(C2CCN(C(=O)Nc3ccccc3-c3cccs3)C2)n[nH]1. The highest BCUT2D eigenvalue weighted by Gasteiger charge is 2.30. The van der Waals surface area contributed by atoms with Crippen molar-refractivity contribution in [1.82, 2.24) is 20.1 Å². The molecule has 1 unspecified atom stereocenters. The van der Waals surface area contributed by atoms with Crippen molar-refractivity contribution >= 4 is 23.1 Å². The van der Waals surface area contributed by atoms with E-state index in [-0.39, 0.29) is 11.9 Å². The van der Waals surface area contributed by atoms with E-state index in [1.807, 2.05) is 47.5 Å². The van der Waals surface area contributed by atoms with Crippen LogP contribution in [-0.4, -0.2) is 39.2 Å². The van der Waals surface area contributed by atoms with E-state index in [1.165, 1.54) is 0 Å². The average Bonchev–Trinajstić information content (AvgIpc) is 3.36. The fourth-order valence-corrected chi connectivity index (χ4v) is 3.90. The van der Waals surface area contributed by atoms with Gasteiger partial charge in [0.2, 0.25) is 0 Å². The molecule has 1 fully saturated rings. The lowest BCUT2D eigenvalue weighted by Gasteiger charge is -2.18. The summed E-state index contributed by atoms with van der Waals surface area (Å²) >= 11 is 1.66. The molecular formula is C18H19N5OS. The Balaban J connectivity index is 1.47. The number of H-pyrrole nitrogens is 1. The third-order valence-electron chi connectivity index (χ3n) is 4.41. The molecule has 3 heterocycles. The van der Waals surface area contributed by atoms with E-state index in [2.05, 4.69) is 26.6 Å². The first-order chi connectivity index (χ1) is 12.2. The van der Waals surface area contributed by atoms with Gasteiger partial charge in [-0.05, 0) is 30.9 Å². The molecule has 1 aliphatic rings. The molecule has 4 rings (SSSR count). The highest BCUT2D eigenvalue weighted by molar-refractivity contribution is 7.13. The lowest BCUT2D eigenvalue weighted by atomic mass is 10.1. The number of thiophene rings is 1. The number of para-hydroxylation sites is 1. The molecule has 25 heavy (non-hydrogen) atoms. The van der Waals surface area contributed by atoms with Crippen molar-refractivity contribution < 1.29 is 4.79 Å². The highest BCUT2D eigenvalue weighted by Crippen LogP contribution is 2.32. The number of aromatic amines is 1. The van der Waals surface area contributed by atoms with Gasteiger partial charge in [-0.3, -0.25) is 5.10 Å². The number of benzene rings is 1. The van der Waals surface area contributed by atoms with Crippen LogP contribution in [0, 0.1) is 6.92 Å². The summed E-state index contributed by atoms with van der Waals surface area (Å²) in [6.45, 7) is 3.24. The van der Waals surface area contributed by atoms with Gasteiger partial charge in [0.25, 0.3) is 0 Å². The number of rotatable bonds is 3. The molecule has 7 heteroatoms. The minimum absolute atomic E-state index is 0.0706. The largest absolute Gasteiger partial charge is 0.324 e. The number of carbonyl (C=O) groups excluding carboxylic acids is 1. The van der Waals surface area contributed by atoms with Gasteiger partial charge in [0.05, 0.1) is 5.69 Å². The van der Waals surface area contributed by atoms with Crippen molar-refractivity contribution in [2.75, 3.05) is 18.4 Å². The number of carbonyl (C=O) groups is 1. The van der Waals surface area contributed by atoms with Crippen LogP contribution >= 0.6 is 11.3 Å². The highest BCUT2D eigenvalue weighted by atomic mass is 32.1. The van der Waals surface area contributed by atoms with Gasteiger partial charge in [-0.2, -0.15) is 5.10 Å². The fourth-order valence-electron chi connectivity index (χ4n) is 3.13. The molecule has 0 spiro atoms. The average molecular weight is 353 g/mol. The van der Waals surface area contributed by atoms with Gasteiger partial charge in [-0.15, -0.1) is 11.3 Å². The number of urea groups is 1. The van der Waals surface area contributed by atoms with Crippen molar-refractivity contribution in [3.63, 3.8) is 0 Å². The van der Waals surface area contributed by atoms with E-state index < -0.39 is 0 Å². The summed E-state index contributed by atoms with van der Waals surface area (Å²) in [6, 6.07) is 11.9. The maximum absolute atomic E-state index is 12.7. The van der Waals surface area contributed by atoms with E-state index in [1.54, 1.807) is 11.3 Å². The molecule has 0 aliphatic carbocycles. The van der Waals surface area contributed by atoms with Gasteiger partial charge >= 0.3 is 6.03 Å². The number of likely N-dealkylation sites (tertiary alicyclic amines) is 1. The van der Waals surface area contributed by atoms with Crippen LogP contribution in [0.4, 0.5) is 10.5 Å². The molecule has 1 aliphatic heterocycles. The molecule has 2 N–H and O–H groups in total. The first kappa shape index (κ1) is 15.8. The van der Waals surface area contributed by atoms with E-state index in [4.69, 9.17) is 0 Å². The Bertz CT molecular complexity index is 873. The van der Waals surface area contributed by atoms with Gasteiger partial charge in [-0.1, -0.05) is 24.3 Å². The van der Waals surface area contributed by atoms with Crippen molar-refractivity contribution in [2.45, 2.75) is 19.3 Å². The van der Waals surface area contributed by atoms with Crippen LogP contribution in [0.25, 0.3) is 10.4 Å². The second-order valence-corrected chi connectivity index (χ2v) is 7.11. The molecule has 128 valence electrons.